The topological polar surface area (TPSA) is 380 Å². The van der Waals surface area contributed by atoms with E-state index in [2.05, 4.69) is 38.5 Å². The average Bonchev–Trinajstić information content (AvgIpc) is 3.77. The summed E-state index contributed by atoms with van der Waals surface area (Å²) in [6.45, 7) is 10.1. The maximum Gasteiger partial charge on any atom is 0.246 e. The van der Waals surface area contributed by atoms with Crippen LogP contribution in [0.4, 0.5) is 0 Å². The number of carbonyl (C=O) groups excluding carboxylic acids is 9. The Hall–Kier alpha value is -5.86. The zero-order valence-corrected chi connectivity index (χ0v) is 43.8. The van der Waals surface area contributed by atoms with Crippen LogP contribution in [0.3, 0.4) is 0 Å². The molecule has 1 aromatic rings. The lowest BCUT2D eigenvalue weighted by Crippen LogP contribution is -2.60. The van der Waals surface area contributed by atoms with Gasteiger partial charge in [0.15, 0.2) is 0 Å². The van der Waals surface area contributed by atoms with Gasteiger partial charge in [-0.2, -0.15) is 11.8 Å². The molecular weight excluding hydrogens is 983 g/mol. The molecule has 1 aromatic carbocycles. The van der Waals surface area contributed by atoms with E-state index in [0.29, 0.717) is 66.1 Å². The van der Waals surface area contributed by atoms with Gasteiger partial charge in [-0.25, -0.2) is 0 Å². The number of carbonyl (C=O) groups is 9. The number of methoxy groups -OCH3 is 1. The molecule has 0 aromatic heterocycles. The molecule has 3 aliphatic rings. The first kappa shape index (κ1) is 60.7. The Morgan fingerprint density at radius 3 is 2.28 bits per heavy atom. The van der Waals surface area contributed by atoms with Gasteiger partial charge in [0.25, 0.3) is 0 Å². The molecule has 74 heavy (non-hydrogen) atoms. The van der Waals surface area contributed by atoms with E-state index in [1.54, 1.807) is 42.6 Å². The number of rotatable bonds is 19. The molecule has 2 fully saturated rings. The van der Waals surface area contributed by atoms with E-state index in [0.717, 1.165) is 4.90 Å². The molecular formula is C49H77N11O13S. The number of nitrogens with one attached hydrogen (secondary N) is 6. The van der Waals surface area contributed by atoms with Gasteiger partial charge in [0, 0.05) is 74.0 Å². The molecule has 15 N–H and O–H groups in total. The van der Waals surface area contributed by atoms with E-state index in [4.69, 9.17) is 21.9 Å². The Morgan fingerprint density at radius 2 is 1.68 bits per heavy atom. The molecule has 0 saturated carbocycles. The Kier molecular flexibility index (Phi) is 23.5. The molecule has 25 heteroatoms. The van der Waals surface area contributed by atoms with Crippen molar-refractivity contribution >= 4 is 70.5 Å². The van der Waals surface area contributed by atoms with Crippen molar-refractivity contribution in [3.63, 3.8) is 0 Å². The molecule has 4 rings (SSSR count). The van der Waals surface area contributed by atoms with E-state index in [-0.39, 0.29) is 55.8 Å². The second kappa shape index (κ2) is 28.7. The Bertz CT molecular complexity index is 2210. The highest BCUT2D eigenvalue weighted by Crippen LogP contribution is 2.37. The van der Waals surface area contributed by atoms with Gasteiger partial charge in [-0.05, 0) is 54.9 Å². The van der Waals surface area contributed by atoms with E-state index in [1.165, 1.54) is 14.0 Å². The molecule has 412 valence electrons. The van der Waals surface area contributed by atoms with Gasteiger partial charge >= 0.3 is 0 Å². The third kappa shape index (κ3) is 16.6. The van der Waals surface area contributed by atoms with Crippen LogP contribution >= 0.6 is 11.8 Å². The van der Waals surface area contributed by atoms with Crippen LogP contribution in [-0.2, 0) is 55.3 Å². The minimum atomic E-state index is -1.77. The van der Waals surface area contributed by atoms with Crippen molar-refractivity contribution in [2.24, 2.45) is 29.0 Å². The summed E-state index contributed by atoms with van der Waals surface area (Å²) in [7, 11) is 1.47. The third-order valence-corrected chi connectivity index (χ3v) is 15.2. The highest BCUT2D eigenvalue weighted by Gasteiger charge is 2.44. The van der Waals surface area contributed by atoms with Gasteiger partial charge in [-0.1, -0.05) is 39.8 Å². The number of aliphatic hydroxyl groups is 3. The monoisotopic (exact) mass is 1060 g/mol. The molecule has 3 aliphatic heterocycles. The fraction of sp³-hybridized carbons (Fsp3) is 0.653. The number of nitrogens with zero attached hydrogens (tertiary/aromatic N) is 2. The Morgan fingerprint density at radius 1 is 0.986 bits per heavy atom. The molecule has 2 saturated heterocycles. The summed E-state index contributed by atoms with van der Waals surface area (Å²) in [6, 6.07) is -4.61. The van der Waals surface area contributed by atoms with Crippen LogP contribution in [0, 0.1) is 11.8 Å². The number of likely N-dealkylation sites (tertiary alicyclic amines) is 1. The highest BCUT2D eigenvalue weighted by atomic mass is 32.2. The van der Waals surface area contributed by atoms with Crippen molar-refractivity contribution in [3.05, 3.63) is 35.4 Å². The maximum absolute atomic E-state index is 14.9. The van der Waals surface area contributed by atoms with Gasteiger partial charge in [0.1, 0.15) is 36.0 Å². The Balaban J connectivity index is 1.87. The number of aliphatic hydroxyl groups excluding tert-OH is 3. The van der Waals surface area contributed by atoms with Crippen molar-refractivity contribution in [2.45, 2.75) is 139 Å². The quantitative estimate of drug-likeness (QED) is 0.0643. The van der Waals surface area contributed by atoms with Crippen LogP contribution in [0.5, 0.6) is 5.75 Å². The largest absolute Gasteiger partial charge is 0.496 e. The number of ether oxygens (including phenoxy) is 1. The van der Waals surface area contributed by atoms with Gasteiger partial charge in [-0.3, -0.25) is 43.2 Å². The van der Waals surface area contributed by atoms with Crippen LogP contribution in [0.15, 0.2) is 18.7 Å². The summed E-state index contributed by atoms with van der Waals surface area (Å²) >= 11 is 1.59. The summed E-state index contributed by atoms with van der Waals surface area (Å²) in [5, 5.41) is 47.3. The molecule has 0 aliphatic carbocycles. The van der Waals surface area contributed by atoms with Gasteiger partial charge in [0.2, 0.25) is 53.2 Å². The number of hydrogen-bond donors (Lipinski definition) is 12. The van der Waals surface area contributed by atoms with Crippen LogP contribution in [-0.4, -0.2) is 185 Å². The number of thioether (sulfide) groups is 1. The van der Waals surface area contributed by atoms with E-state index >= 15 is 0 Å². The number of benzene rings is 1. The molecule has 2 unspecified atom stereocenters. The lowest BCUT2D eigenvalue weighted by Gasteiger charge is -2.33. The zero-order chi connectivity index (χ0) is 55.0. The minimum absolute atomic E-state index is 0.0246. The molecule has 0 radical (unpaired) electrons. The average molecular weight is 1060 g/mol. The van der Waals surface area contributed by atoms with Gasteiger partial charge < -0.3 is 79.0 Å². The fourth-order valence-corrected chi connectivity index (χ4v) is 10.6. The number of piperidine rings is 1. The molecule has 10 atom stereocenters. The summed E-state index contributed by atoms with van der Waals surface area (Å²) < 4.78 is 5.92. The summed E-state index contributed by atoms with van der Waals surface area (Å²) in [6.07, 6.45) is -2.04. The van der Waals surface area contributed by atoms with Gasteiger partial charge in [-0.15, -0.1) is 0 Å². The predicted octanol–water partition coefficient (Wildman–Crippen LogP) is -3.38. The zero-order valence-electron chi connectivity index (χ0n) is 43.0. The molecule has 3 heterocycles. The first-order valence-electron chi connectivity index (χ1n) is 25.1. The van der Waals surface area contributed by atoms with E-state index in [1.807, 2.05) is 6.92 Å². The molecule has 24 nitrogen and oxygen atoms in total. The highest BCUT2D eigenvalue weighted by molar-refractivity contribution is 7.99. The summed E-state index contributed by atoms with van der Waals surface area (Å²) in [4.78, 5) is 125. The number of primary amides is 1. The molecule has 0 spiro atoms. The van der Waals surface area contributed by atoms with Gasteiger partial charge in [0.05, 0.1) is 45.4 Å². The summed E-state index contributed by atoms with van der Waals surface area (Å²) in [5.74, 6) is -7.62. The summed E-state index contributed by atoms with van der Waals surface area (Å²) in [5.41, 5.74) is 18.8. The van der Waals surface area contributed by atoms with Crippen LogP contribution in [0.2, 0.25) is 0 Å². The van der Waals surface area contributed by atoms with Crippen molar-refractivity contribution in [1.82, 2.24) is 41.7 Å². The predicted molar refractivity (Wildman–Crippen MR) is 274 cm³/mol. The van der Waals surface area contributed by atoms with E-state index in [9.17, 15) is 58.5 Å². The second-order valence-corrected chi connectivity index (χ2v) is 20.6. The Labute approximate surface area is 435 Å². The van der Waals surface area contributed by atoms with Crippen molar-refractivity contribution in [2.75, 3.05) is 53.0 Å². The van der Waals surface area contributed by atoms with Crippen molar-refractivity contribution in [1.29, 1.82) is 0 Å². The maximum atomic E-state index is 14.9. The first-order valence-corrected chi connectivity index (χ1v) is 26.1. The first-order chi connectivity index (χ1) is 35.1. The number of nitrogens with two attached hydrogens (primary N) is 3. The van der Waals surface area contributed by atoms with Crippen LogP contribution < -0.4 is 53.8 Å². The van der Waals surface area contributed by atoms with Crippen LogP contribution in [0.25, 0.3) is 5.57 Å². The number of fused-ring (bicyclic) bond motifs is 2. The normalized spacial score (nSPS) is 24.1. The van der Waals surface area contributed by atoms with Crippen LogP contribution in [0.1, 0.15) is 89.3 Å². The van der Waals surface area contributed by atoms with E-state index < -0.39 is 128 Å². The third-order valence-electron chi connectivity index (χ3n) is 13.8. The van der Waals surface area contributed by atoms with Crippen molar-refractivity contribution < 1.29 is 63.2 Å². The fourth-order valence-electron chi connectivity index (χ4n) is 9.33. The molecule has 9 amide bonds. The minimum Gasteiger partial charge on any atom is -0.496 e. The second-order valence-electron chi connectivity index (χ2n) is 19.3. The SMILES string of the molecule is C=C1C[C@@H](C)NC(=O)C([C@@H](C)[C@@H](O)CO)NC(=O)C2C[C@@H](O)CN2C(=O)[C@H](CC(N)=O)NC(=O)[C@@H](NC(=O)CNC(=O)[C@@H](NC(=O)CN)[C@@H](C)CC)Cc2c1ccc(OC)c2CSC1CCN(C(=O)CCN)CC1. The lowest BCUT2D eigenvalue weighted by molar-refractivity contribution is -0.144. The lowest BCUT2D eigenvalue weighted by atomic mass is 9.88. The van der Waals surface area contributed by atoms with Crippen molar-refractivity contribution in [3.8, 4) is 5.75 Å². The smallest absolute Gasteiger partial charge is 0.246 e. The number of hydrogen-bond acceptors (Lipinski definition) is 16. The molecule has 0 bridgehead atoms. The standard InChI is InChI=1S/C49H77N11O13S/c1-7-25(2)43(57-40(65)20-51)47(70)53-21-41(66)55-34-18-32-31(8-9-38(73-6)33(32)24-74-30-11-14-59(15-12-30)42(67)10-13-50)26(3)16-27(4)54-48(71)44(28(5)37(63)23-61)58-46(69)36-17-29(62)22-60(36)49(72)35(19-39(52)64)56-45(34)68/h8-9,25,27-30,34-37,43-44,61-63H,3,7,10-24,50-51H2,1-2,4-6H3,(H2,52,64)(H,53,70)(H,54,71)(H,55,66)(H,56,68)(H,57,65)(H,58,69)/t25-,27+,28-,29+,34-,35-,36?,37-,43-,44?/m0/s1. The number of amides is 9.